The molecule has 1 heterocycles. The number of hydrogen-bond acceptors (Lipinski definition) is 2. The van der Waals surface area contributed by atoms with Crippen LogP contribution in [0.15, 0.2) is 0 Å². The molecule has 1 N–H and O–H groups in total. The minimum atomic E-state index is -0.324. The number of hydrogen-bond donors (Lipinski definition) is 1. The predicted octanol–water partition coefficient (Wildman–Crippen LogP) is 2.04. The molecular weight excluding hydrogens is 214 g/mol. The summed E-state index contributed by atoms with van der Waals surface area (Å²) >= 11 is 0. The second kappa shape index (κ2) is 5.38. The number of nitrogens with zero attached hydrogens (tertiary/aromatic N) is 1. The number of carbonyl (C=O) groups is 1. The first kappa shape index (κ1) is 12.9. The van der Waals surface area contributed by atoms with Gasteiger partial charge in [-0.05, 0) is 43.9 Å². The molecule has 17 heavy (non-hydrogen) atoms. The topological polar surface area (TPSA) is 40.5 Å². The van der Waals surface area contributed by atoms with Gasteiger partial charge in [0.15, 0.2) is 0 Å². The largest absolute Gasteiger partial charge is 0.391 e. The van der Waals surface area contributed by atoms with Crippen molar-refractivity contribution < 1.29 is 9.90 Å². The molecule has 2 aliphatic rings. The van der Waals surface area contributed by atoms with Crippen molar-refractivity contribution >= 4 is 5.91 Å². The van der Waals surface area contributed by atoms with Crippen LogP contribution in [0.2, 0.25) is 0 Å². The van der Waals surface area contributed by atoms with E-state index in [0.29, 0.717) is 18.4 Å². The van der Waals surface area contributed by atoms with Crippen molar-refractivity contribution in [2.24, 2.45) is 17.8 Å². The Morgan fingerprint density at radius 2 is 1.76 bits per heavy atom. The summed E-state index contributed by atoms with van der Waals surface area (Å²) in [5, 5.41) is 9.84. The van der Waals surface area contributed by atoms with E-state index in [1.54, 1.807) is 0 Å². The molecule has 1 amide bonds. The van der Waals surface area contributed by atoms with E-state index in [0.717, 1.165) is 31.7 Å². The Kier molecular flexibility index (Phi) is 4.08. The fraction of sp³-hybridized carbons (Fsp3) is 0.929. The standard InChI is InChI=1S/C14H25NO2/c1-10-3-5-12(6-4-10)14(17)15-8-7-11(2)13(16)9-15/h10-13,16H,3-9H2,1-2H3. The highest BCUT2D eigenvalue weighted by Gasteiger charge is 2.32. The lowest BCUT2D eigenvalue weighted by molar-refractivity contribution is -0.141. The Hall–Kier alpha value is -0.570. The van der Waals surface area contributed by atoms with Gasteiger partial charge in [0.05, 0.1) is 6.10 Å². The van der Waals surface area contributed by atoms with Crippen molar-refractivity contribution in [3.63, 3.8) is 0 Å². The van der Waals surface area contributed by atoms with Gasteiger partial charge in [-0.1, -0.05) is 13.8 Å². The average molecular weight is 239 g/mol. The second-order valence-electron chi connectivity index (χ2n) is 6.07. The van der Waals surface area contributed by atoms with Crippen LogP contribution < -0.4 is 0 Å². The Morgan fingerprint density at radius 1 is 1.12 bits per heavy atom. The summed E-state index contributed by atoms with van der Waals surface area (Å²) < 4.78 is 0. The van der Waals surface area contributed by atoms with Gasteiger partial charge in [-0.25, -0.2) is 0 Å². The first-order valence-electron chi connectivity index (χ1n) is 7.04. The molecule has 0 aromatic carbocycles. The summed E-state index contributed by atoms with van der Waals surface area (Å²) in [7, 11) is 0. The first-order valence-corrected chi connectivity index (χ1v) is 7.04. The van der Waals surface area contributed by atoms with E-state index in [9.17, 15) is 9.90 Å². The van der Waals surface area contributed by atoms with Crippen LogP contribution in [0.3, 0.4) is 0 Å². The third-order valence-electron chi connectivity index (χ3n) is 4.60. The smallest absolute Gasteiger partial charge is 0.225 e. The SMILES string of the molecule is CC1CCC(C(=O)N2CCC(C)C(O)C2)CC1. The summed E-state index contributed by atoms with van der Waals surface area (Å²) in [5.41, 5.74) is 0. The van der Waals surface area contributed by atoms with Crippen LogP contribution >= 0.6 is 0 Å². The van der Waals surface area contributed by atoms with E-state index < -0.39 is 0 Å². The van der Waals surface area contributed by atoms with Crippen LogP contribution in [0.5, 0.6) is 0 Å². The summed E-state index contributed by atoms with van der Waals surface area (Å²) in [6.45, 7) is 5.72. The lowest BCUT2D eigenvalue weighted by Crippen LogP contribution is -2.48. The van der Waals surface area contributed by atoms with Crippen molar-refractivity contribution in [2.75, 3.05) is 13.1 Å². The number of carbonyl (C=O) groups excluding carboxylic acids is 1. The van der Waals surface area contributed by atoms with Crippen molar-refractivity contribution in [2.45, 2.75) is 52.1 Å². The highest BCUT2D eigenvalue weighted by atomic mass is 16.3. The summed E-state index contributed by atoms with van der Waals surface area (Å²) in [6, 6.07) is 0. The van der Waals surface area contributed by atoms with Crippen molar-refractivity contribution in [3.8, 4) is 0 Å². The minimum Gasteiger partial charge on any atom is -0.391 e. The lowest BCUT2D eigenvalue weighted by atomic mass is 9.82. The van der Waals surface area contributed by atoms with Gasteiger partial charge < -0.3 is 10.0 Å². The molecule has 0 bridgehead atoms. The van der Waals surface area contributed by atoms with E-state index in [2.05, 4.69) is 13.8 Å². The number of rotatable bonds is 1. The van der Waals surface area contributed by atoms with Gasteiger partial charge >= 0.3 is 0 Å². The normalized spacial score (nSPS) is 39.1. The van der Waals surface area contributed by atoms with Gasteiger partial charge in [0.25, 0.3) is 0 Å². The monoisotopic (exact) mass is 239 g/mol. The molecule has 1 saturated carbocycles. The molecule has 1 aliphatic heterocycles. The molecular formula is C14H25NO2. The van der Waals surface area contributed by atoms with Gasteiger partial charge in [-0.15, -0.1) is 0 Å². The van der Waals surface area contributed by atoms with Gasteiger partial charge in [0, 0.05) is 19.0 Å². The quantitative estimate of drug-likeness (QED) is 0.760. The van der Waals surface area contributed by atoms with Crippen molar-refractivity contribution in [1.29, 1.82) is 0 Å². The van der Waals surface area contributed by atoms with Crippen molar-refractivity contribution in [3.05, 3.63) is 0 Å². The predicted molar refractivity (Wildman–Crippen MR) is 67.5 cm³/mol. The molecule has 2 atom stereocenters. The molecule has 2 fully saturated rings. The summed E-state index contributed by atoms with van der Waals surface area (Å²) in [4.78, 5) is 14.2. The van der Waals surface area contributed by atoms with E-state index >= 15 is 0 Å². The van der Waals surface area contributed by atoms with Crippen LogP contribution in [0.25, 0.3) is 0 Å². The first-order chi connectivity index (χ1) is 8.08. The van der Waals surface area contributed by atoms with E-state index in [1.165, 1.54) is 12.8 Å². The Balaban J connectivity index is 1.87. The van der Waals surface area contributed by atoms with Crippen LogP contribution in [0.4, 0.5) is 0 Å². The average Bonchev–Trinajstić information content (AvgIpc) is 2.33. The molecule has 0 aromatic heterocycles. The molecule has 1 aliphatic carbocycles. The second-order valence-corrected chi connectivity index (χ2v) is 6.07. The molecule has 3 nitrogen and oxygen atoms in total. The highest BCUT2D eigenvalue weighted by molar-refractivity contribution is 5.79. The Labute approximate surface area is 104 Å². The number of piperidine rings is 1. The van der Waals surface area contributed by atoms with Gasteiger partial charge in [-0.3, -0.25) is 4.79 Å². The third-order valence-corrected chi connectivity index (χ3v) is 4.60. The van der Waals surface area contributed by atoms with Gasteiger partial charge in [0.1, 0.15) is 0 Å². The molecule has 0 radical (unpaired) electrons. The van der Waals surface area contributed by atoms with E-state index in [-0.39, 0.29) is 12.0 Å². The number of aliphatic hydroxyl groups excluding tert-OH is 1. The Bertz CT molecular complexity index is 271. The van der Waals surface area contributed by atoms with Crippen LogP contribution in [0, 0.1) is 17.8 Å². The number of aliphatic hydroxyl groups is 1. The fourth-order valence-electron chi connectivity index (χ4n) is 3.01. The molecule has 0 aromatic rings. The number of β-amino-alcohol motifs (C(OH)–C–C–N with tert-alkyl or cyclic N) is 1. The maximum atomic E-state index is 12.3. The molecule has 2 rings (SSSR count). The molecule has 2 unspecified atom stereocenters. The zero-order valence-corrected chi connectivity index (χ0v) is 11.1. The van der Waals surface area contributed by atoms with E-state index in [4.69, 9.17) is 0 Å². The molecule has 98 valence electrons. The third kappa shape index (κ3) is 3.01. The zero-order chi connectivity index (χ0) is 12.4. The molecule has 3 heteroatoms. The van der Waals surface area contributed by atoms with Gasteiger partial charge in [-0.2, -0.15) is 0 Å². The zero-order valence-electron chi connectivity index (χ0n) is 11.1. The Morgan fingerprint density at radius 3 is 2.35 bits per heavy atom. The molecule has 0 spiro atoms. The molecule has 1 saturated heterocycles. The fourth-order valence-corrected chi connectivity index (χ4v) is 3.01. The van der Waals surface area contributed by atoms with Gasteiger partial charge in [0.2, 0.25) is 5.91 Å². The summed E-state index contributed by atoms with van der Waals surface area (Å²) in [5.74, 6) is 1.64. The number of likely N-dealkylation sites (tertiary alicyclic amines) is 1. The summed E-state index contributed by atoms with van der Waals surface area (Å²) in [6.07, 6.45) is 5.07. The number of amides is 1. The van der Waals surface area contributed by atoms with Crippen LogP contribution in [-0.2, 0) is 4.79 Å². The minimum absolute atomic E-state index is 0.229. The maximum absolute atomic E-state index is 12.3. The lowest BCUT2D eigenvalue weighted by Gasteiger charge is -2.37. The highest BCUT2D eigenvalue weighted by Crippen LogP contribution is 2.30. The maximum Gasteiger partial charge on any atom is 0.225 e. The van der Waals surface area contributed by atoms with E-state index in [1.807, 2.05) is 4.90 Å². The van der Waals surface area contributed by atoms with Crippen molar-refractivity contribution in [1.82, 2.24) is 4.90 Å². The van der Waals surface area contributed by atoms with Crippen LogP contribution in [-0.4, -0.2) is 35.1 Å². The van der Waals surface area contributed by atoms with Crippen LogP contribution in [0.1, 0.15) is 46.0 Å².